The van der Waals surface area contributed by atoms with Crippen LogP contribution in [0.2, 0.25) is 0 Å². The highest BCUT2D eigenvalue weighted by molar-refractivity contribution is 7.80. The molecule has 98 valence electrons. The van der Waals surface area contributed by atoms with Crippen LogP contribution in [0.5, 0.6) is 5.88 Å². The molecular formula is C12H18N4OS. The zero-order valence-electron chi connectivity index (χ0n) is 10.3. The molecule has 1 aliphatic heterocycles. The fourth-order valence-electron chi connectivity index (χ4n) is 1.98. The quantitative estimate of drug-likeness (QED) is 0.801. The predicted molar refractivity (Wildman–Crippen MR) is 73.7 cm³/mol. The number of nitrogens with two attached hydrogens (primary N) is 1. The standard InChI is InChI=1S/C12H18N4OS/c13-12(18)10-8-15-11(9-14-10)17-7-6-16-4-2-1-3-5-16/h8-9H,1-7H2,(H2,13,18). The first-order valence-corrected chi connectivity index (χ1v) is 6.63. The fraction of sp³-hybridized carbons (Fsp3) is 0.583. The molecule has 18 heavy (non-hydrogen) atoms. The van der Waals surface area contributed by atoms with Crippen molar-refractivity contribution in [3.05, 3.63) is 18.1 Å². The molecule has 2 rings (SSSR count). The smallest absolute Gasteiger partial charge is 0.232 e. The van der Waals surface area contributed by atoms with Gasteiger partial charge in [0, 0.05) is 6.54 Å². The lowest BCUT2D eigenvalue weighted by molar-refractivity contribution is 0.180. The summed E-state index contributed by atoms with van der Waals surface area (Å²) in [6.45, 7) is 3.94. The summed E-state index contributed by atoms with van der Waals surface area (Å²) < 4.78 is 5.54. The number of hydrogen-bond acceptors (Lipinski definition) is 5. The molecule has 2 heterocycles. The highest BCUT2D eigenvalue weighted by Gasteiger charge is 2.09. The Balaban J connectivity index is 1.74. The molecule has 2 N–H and O–H groups in total. The van der Waals surface area contributed by atoms with Crippen LogP contribution in [-0.4, -0.2) is 46.1 Å². The Hall–Kier alpha value is -1.27. The number of aromatic nitrogens is 2. The van der Waals surface area contributed by atoms with Crippen LogP contribution >= 0.6 is 12.2 Å². The summed E-state index contributed by atoms with van der Waals surface area (Å²) in [4.78, 5) is 10.9. The van der Waals surface area contributed by atoms with Gasteiger partial charge in [0.2, 0.25) is 5.88 Å². The van der Waals surface area contributed by atoms with Gasteiger partial charge in [0.25, 0.3) is 0 Å². The molecule has 0 radical (unpaired) electrons. The van der Waals surface area contributed by atoms with Crippen molar-refractivity contribution in [3.8, 4) is 5.88 Å². The third-order valence-electron chi connectivity index (χ3n) is 2.99. The van der Waals surface area contributed by atoms with Gasteiger partial charge < -0.3 is 10.5 Å². The fourth-order valence-corrected chi connectivity index (χ4v) is 2.09. The molecule has 1 aromatic rings. The lowest BCUT2D eigenvalue weighted by Crippen LogP contribution is -2.33. The van der Waals surface area contributed by atoms with Gasteiger partial charge in [-0.25, -0.2) is 9.97 Å². The minimum absolute atomic E-state index is 0.252. The van der Waals surface area contributed by atoms with E-state index in [4.69, 9.17) is 22.7 Å². The molecule has 0 aromatic carbocycles. The maximum absolute atomic E-state index is 5.54. The molecule has 0 unspecified atom stereocenters. The minimum Gasteiger partial charge on any atom is -0.475 e. The van der Waals surface area contributed by atoms with E-state index < -0.39 is 0 Å². The lowest BCUT2D eigenvalue weighted by atomic mass is 10.1. The van der Waals surface area contributed by atoms with Crippen LogP contribution in [-0.2, 0) is 0 Å². The Morgan fingerprint density at radius 3 is 2.67 bits per heavy atom. The molecule has 0 aliphatic carbocycles. The molecule has 0 amide bonds. The van der Waals surface area contributed by atoms with Crippen molar-refractivity contribution in [1.82, 2.24) is 14.9 Å². The normalized spacial score (nSPS) is 16.4. The second kappa shape index (κ2) is 6.61. The summed E-state index contributed by atoms with van der Waals surface area (Å²) in [6.07, 6.45) is 7.04. The Labute approximate surface area is 112 Å². The molecule has 1 aromatic heterocycles. The Morgan fingerprint density at radius 1 is 1.28 bits per heavy atom. The van der Waals surface area contributed by atoms with Crippen LogP contribution in [0.15, 0.2) is 12.4 Å². The van der Waals surface area contributed by atoms with E-state index in [0.717, 1.165) is 6.54 Å². The van der Waals surface area contributed by atoms with Gasteiger partial charge in [-0.2, -0.15) is 0 Å². The minimum atomic E-state index is 0.252. The van der Waals surface area contributed by atoms with Crippen LogP contribution in [0, 0.1) is 0 Å². The highest BCUT2D eigenvalue weighted by Crippen LogP contribution is 2.09. The molecule has 0 bridgehead atoms. The average molecular weight is 266 g/mol. The van der Waals surface area contributed by atoms with Gasteiger partial charge in [-0.05, 0) is 25.9 Å². The Bertz CT molecular complexity index is 390. The van der Waals surface area contributed by atoms with Gasteiger partial charge in [-0.1, -0.05) is 18.6 Å². The van der Waals surface area contributed by atoms with Gasteiger partial charge in [0.05, 0.1) is 12.4 Å². The van der Waals surface area contributed by atoms with E-state index in [1.165, 1.54) is 32.4 Å². The van der Waals surface area contributed by atoms with Crippen molar-refractivity contribution in [2.45, 2.75) is 19.3 Å². The predicted octanol–water partition coefficient (Wildman–Crippen LogP) is 0.975. The number of ether oxygens (including phenoxy) is 1. The number of thiocarbonyl (C=S) groups is 1. The van der Waals surface area contributed by atoms with Crippen LogP contribution < -0.4 is 10.5 Å². The van der Waals surface area contributed by atoms with Crippen LogP contribution in [0.4, 0.5) is 0 Å². The largest absolute Gasteiger partial charge is 0.475 e. The zero-order valence-corrected chi connectivity index (χ0v) is 11.2. The Kier molecular flexibility index (Phi) is 4.83. The van der Waals surface area contributed by atoms with Gasteiger partial charge in [-0.15, -0.1) is 0 Å². The summed E-state index contributed by atoms with van der Waals surface area (Å²) in [5, 5.41) is 0. The number of piperidine rings is 1. The summed E-state index contributed by atoms with van der Waals surface area (Å²) in [6, 6.07) is 0. The summed E-state index contributed by atoms with van der Waals surface area (Å²) in [5.74, 6) is 0.520. The number of likely N-dealkylation sites (tertiary alicyclic amines) is 1. The summed E-state index contributed by atoms with van der Waals surface area (Å²) in [7, 11) is 0. The molecule has 0 spiro atoms. The zero-order chi connectivity index (χ0) is 12.8. The van der Waals surface area contributed by atoms with Crippen LogP contribution in [0.25, 0.3) is 0 Å². The molecule has 6 heteroatoms. The first kappa shape index (κ1) is 13.2. The maximum atomic E-state index is 5.54. The first-order valence-electron chi connectivity index (χ1n) is 6.23. The van der Waals surface area contributed by atoms with E-state index in [2.05, 4.69) is 14.9 Å². The summed E-state index contributed by atoms with van der Waals surface area (Å²) >= 11 is 4.81. The van der Waals surface area contributed by atoms with Crippen molar-refractivity contribution in [3.63, 3.8) is 0 Å². The van der Waals surface area contributed by atoms with Gasteiger partial charge in [0.15, 0.2) is 0 Å². The molecule has 1 saturated heterocycles. The van der Waals surface area contributed by atoms with Crippen molar-refractivity contribution in [1.29, 1.82) is 0 Å². The number of hydrogen-bond donors (Lipinski definition) is 1. The SMILES string of the molecule is NC(=S)c1cnc(OCCN2CCCCC2)cn1. The highest BCUT2D eigenvalue weighted by atomic mass is 32.1. The molecule has 1 fully saturated rings. The van der Waals surface area contributed by atoms with Crippen LogP contribution in [0.3, 0.4) is 0 Å². The number of rotatable bonds is 5. The monoisotopic (exact) mass is 266 g/mol. The van der Waals surface area contributed by atoms with Crippen molar-refractivity contribution < 1.29 is 4.74 Å². The van der Waals surface area contributed by atoms with E-state index >= 15 is 0 Å². The van der Waals surface area contributed by atoms with Crippen LogP contribution in [0.1, 0.15) is 25.0 Å². The van der Waals surface area contributed by atoms with E-state index in [-0.39, 0.29) is 4.99 Å². The molecule has 1 aliphatic rings. The van der Waals surface area contributed by atoms with Gasteiger partial charge in [-0.3, -0.25) is 4.90 Å². The molecule has 0 atom stereocenters. The van der Waals surface area contributed by atoms with Crippen molar-refractivity contribution in [2.75, 3.05) is 26.2 Å². The molecule has 0 saturated carbocycles. The third-order valence-corrected chi connectivity index (χ3v) is 3.20. The van der Waals surface area contributed by atoms with Gasteiger partial charge in [0.1, 0.15) is 17.3 Å². The first-order chi connectivity index (χ1) is 8.75. The molecule has 5 nitrogen and oxygen atoms in total. The third kappa shape index (κ3) is 3.89. The van der Waals surface area contributed by atoms with E-state index in [1.54, 1.807) is 12.4 Å². The second-order valence-corrected chi connectivity index (χ2v) is 4.79. The van der Waals surface area contributed by atoms with Crippen molar-refractivity contribution >= 4 is 17.2 Å². The summed E-state index contributed by atoms with van der Waals surface area (Å²) in [5.41, 5.74) is 5.96. The second-order valence-electron chi connectivity index (χ2n) is 4.35. The van der Waals surface area contributed by atoms with E-state index in [0.29, 0.717) is 18.2 Å². The topological polar surface area (TPSA) is 64.3 Å². The van der Waals surface area contributed by atoms with E-state index in [9.17, 15) is 0 Å². The maximum Gasteiger partial charge on any atom is 0.232 e. The average Bonchev–Trinajstić information content (AvgIpc) is 2.40. The van der Waals surface area contributed by atoms with E-state index in [1.807, 2.05) is 0 Å². The van der Waals surface area contributed by atoms with Crippen molar-refractivity contribution in [2.24, 2.45) is 5.73 Å². The lowest BCUT2D eigenvalue weighted by Gasteiger charge is -2.25. The van der Waals surface area contributed by atoms with Gasteiger partial charge >= 0.3 is 0 Å². The number of nitrogens with zero attached hydrogens (tertiary/aromatic N) is 3. The Morgan fingerprint density at radius 2 is 2.06 bits per heavy atom. The molecular weight excluding hydrogens is 248 g/mol.